The third kappa shape index (κ3) is 2.91. The molecule has 2 aromatic rings. The zero-order valence-electron chi connectivity index (χ0n) is 13.2. The maximum absolute atomic E-state index is 12.6. The molecule has 0 aromatic carbocycles. The number of pyridine rings is 1. The minimum atomic E-state index is -0.0610. The summed E-state index contributed by atoms with van der Waals surface area (Å²) in [5, 5.41) is 7.38. The molecular formula is C17H22N4O2. The second kappa shape index (κ2) is 6.20. The molecule has 2 aliphatic heterocycles. The molecule has 1 atom stereocenters. The van der Waals surface area contributed by atoms with Crippen molar-refractivity contribution in [2.45, 2.75) is 31.7 Å². The van der Waals surface area contributed by atoms with Gasteiger partial charge in [-0.3, -0.25) is 4.79 Å². The number of fused-ring (bicyclic) bond motifs is 1. The number of nitrogens with zero attached hydrogens (tertiary/aromatic N) is 3. The standard InChI is InChI=1S/C17H22N4O2/c22-17(19-13-4-3-9-23-12-13)15-11-18-21-8-5-14(10-16(15)21)20-6-1-2-7-20/h5,8,10-11,13H,1-4,6-7,9,12H2,(H,19,22). The number of ether oxygens (including phenoxy) is 1. The highest BCUT2D eigenvalue weighted by Crippen LogP contribution is 2.23. The summed E-state index contributed by atoms with van der Waals surface area (Å²) in [5.41, 5.74) is 2.67. The largest absolute Gasteiger partial charge is 0.379 e. The number of amides is 1. The fraction of sp³-hybridized carbons (Fsp3) is 0.529. The number of hydrogen-bond donors (Lipinski definition) is 1. The lowest BCUT2D eigenvalue weighted by atomic mass is 10.1. The lowest BCUT2D eigenvalue weighted by Gasteiger charge is -2.23. The van der Waals surface area contributed by atoms with Crippen molar-refractivity contribution in [2.24, 2.45) is 0 Å². The molecule has 1 unspecified atom stereocenters. The van der Waals surface area contributed by atoms with Gasteiger partial charge in [-0.15, -0.1) is 0 Å². The SMILES string of the molecule is O=C(NC1CCCOC1)c1cnn2ccc(N3CCCC3)cc12. The number of nitrogens with one attached hydrogen (secondary N) is 1. The summed E-state index contributed by atoms with van der Waals surface area (Å²) in [5.74, 6) is -0.0610. The molecule has 122 valence electrons. The van der Waals surface area contributed by atoms with Crippen LogP contribution in [0.4, 0.5) is 5.69 Å². The Labute approximate surface area is 135 Å². The second-order valence-corrected chi connectivity index (χ2v) is 6.35. The van der Waals surface area contributed by atoms with Gasteiger partial charge in [-0.25, -0.2) is 4.52 Å². The van der Waals surface area contributed by atoms with Crippen LogP contribution in [0.5, 0.6) is 0 Å². The third-order valence-corrected chi connectivity index (χ3v) is 4.72. The van der Waals surface area contributed by atoms with Crippen molar-refractivity contribution in [1.82, 2.24) is 14.9 Å². The van der Waals surface area contributed by atoms with Crippen LogP contribution >= 0.6 is 0 Å². The van der Waals surface area contributed by atoms with Crippen molar-refractivity contribution in [3.8, 4) is 0 Å². The van der Waals surface area contributed by atoms with Gasteiger partial charge in [0, 0.05) is 31.6 Å². The van der Waals surface area contributed by atoms with E-state index in [1.54, 1.807) is 10.7 Å². The maximum Gasteiger partial charge on any atom is 0.255 e. The topological polar surface area (TPSA) is 58.9 Å². The van der Waals surface area contributed by atoms with Gasteiger partial charge in [-0.2, -0.15) is 5.10 Å². The summed E-state index contributed by atoms with van der Waals surface area (Å²) in [7, 11) is 0. The van der Waals surface area contributed by atoms with Crippen LogP contribution < -0.4 is 10.2 Å². The van der Waals surface area contributed by atoms with Crippen molar-refractivity contribution in [2.75, 3.05) is 31.2 Å². The molecule has 23 heavy (non-hydrogen) atoms. The second-order valence-electron chi connectivity index (χ2n) is 6.35. The quantitative estimate of drug-likeness (QED) is 0.939. The van der Waals surface area contributed by atoms with Crippen LogP contribution in [0.15, 0.2) is 24.5 Å². The molecule has 0 radical (unpaired) electrons. The summed E-state index contributed by atoms with van der Waals surface area (Å²) in [6, 6.07) is 4.25. The molecule has 0 aliphatic carbocycles. The number of aromatic nitrogens is 2. The fourth-order valence-electron chi connectivity index (χ4n) is 3.43. The lowest BCUT2D eigenvalue weighted by Crippen LogP contribution is -2.40. The van der Waals surface area contributed by atoms with Gasteiger partial charge in [-0.05, 0) is 37.8 Å². The van der Waals surface area contributed by atoms with E-state index in [1.807, 2.05) is 6.20 Å². The summed E-state index contributed by atoms with van der Waals surface area (Å²) in [6.45, 7) is 3.57. The van der Waals surface area contributed by atoms with Gasteiger partial charge >= 0.3 is 0 Å². The Morgan fingerprint density at radius 1 is 1.30 bits per heavy atom. The van der Waals surface area contributed by atoms with E-state index in [9.17, 15) is 4.79 Å². The molecule has 0 bridgehead atoms. The van der Waals surface area contributed by atoms with Crippen LogP contribution in [-0.2, 0) is 4.74 Å². The maximum atomic E-state index is 12.6. The van der Waals surface area contributed by atoms with E-state index in [1.165, 1.54) is 18.5 Å². The Morgan fingerprint density at radius 3 is 2.96 bits per heavy atom. The highest BCUT2D eigenvalue weighted by Gasteiger charge is 2.20. The fourth-order valence-corrected chi connectivity index (χ4v) is 3.43. The minimum absolute atomic E-state index is 0.0610. The highest BCUT2D eigenvalue weighted by atomic mass is 16.5. The van der Waals surface area contributed by atoms with E-state index < -0.39 is 0 Å². The Morgan fingerprint density at radius 2 is 2.17 bits per heavy atom. The Bertz CT molecular complexity index is 700. The summed E-state index contributed by atoms with van der Waals surface area (Å²) in [6.07, 6.45) is 8.04. The first-order chi connectivity index (χ1) is 11.3. The monoisotopic (exact) mass is 314 g/mol. The molecule has 2 aromatic heterocycles. The van der Waals surface area contributed by atoms with Gasteiger partial charge in [0.2, 0.25) is 0 Å². The molecule has 0 spiro atoms. The molecule has 2 saturated heterocycles. The van der Waals surface area contributed by atoms with Gasteiger partial charge in [0.1, 0.15) is 0 Å². The van der Waals surface area contributed by atoms with Crippen LogP contribution in [0.3, 0.4) is 0 Å². The van der Waals surface area contributed by atoms with Crippen LogP contribution in [0.2, 0.25) is 0 Å². The molecule has 6 nitrogen and oxygen atoms in total. The van der Waals surface area contributed by atoms with Crippen LogP contribution in [0.25, 0.3) is 5.52 Å². The smallest absolute Gasteiger partial charge is 0.255 e. The molecule has 1 N–H and O–H groups in total. The predicted molar refractivity (Wildman–Crippen MR) is 87.9 cm³/mol. The minimum Gasteiger partial charge on any atom is -0.379 e. The summed E-state index contributed by atoms with van der Waals surface area (Å²) >= 11 is 0. The molecule has 2 fully saturated rings. The van der Waals surface area contributed by atoms with E-state index >= 15 is 0 Å². The predicted octanol–water partition coefficient (Wildman–Crippen LogP) is 1.84. The zero-order valence-corrected chi connectivity index (χ0v) is 13.2. The van der Waals surface area contributed by atoms with Crippen LogP contribution in [0, 0.1) is 0 Å². The Kier molecular flexibility index (Phi) is 3.91. The number of anilines is 1. The number of carbonyl (C=O) groups excluding carboxylic acids is 1. The molecule has 4 rings (SSSR count). The van der Waals surface area contributed by atoms with Crippen molar-refractivity contribution in [3.63, 3.8) is 0 Å². The molecule has 1 amide bonds. The van der Waals surface area contributed by atoms with Crippen molar-refractivity contribution in [3.05, 3.63) is 30.1 Å². The Balaban J connectivity index is 1.58. The van der Waals surface area contributed by atoms with E-state index in [4.69, 9.17) is 4.74 Å². The van der Waals surface area contributed by atoms with Gasteiger partial charge in [0.05, 0.1) is 29.9 Å². The number of carbonyl (C=O) groups is 1. The third-order valence-electron chi connectivity index (χ3n) is 4.72. The first-order valence-electron chi connectivity index (χ1n) is 8.42. The molecule has 2 aliphatic rings. The molecule has 0 saturated carbocycles. The average molecular weight is 314 g/mol. The highest BCUT2D eigenvalue weighted by molar-refractivity contribution is 6.01. The Hall–Kier alpha value is -2.08. The molecule has 4 heterocycles. The van der Waals surface area contributed by atoms with Gasteiger partial charge < -0.3 is 15.0 Å². The van der Waals surface area contributed by atoms with E-state index in [0.29, 0.717) is 12.2 Å². The first-order valence-corrected chi connectivity index (χ1v) is 8.42. The van der Waals surface area contributed by atoms with Crippen LogP contribution in [0.1, 0.15) is 36.0 Å². The zero-order chi connectivity index (χ0) is 15.6. The summed E-state index contributed by atoms with van der Waals surface area (Å²) < 4.78 is 7.20. The van der Waals surface area contributed by atoms with Crippen LogP contribution in [-0.4, -0.2) is 47.9 Å². The molecule has 6 heteroatoms. The molecular weight excluding hydrogens is 292 g/mol. The first kappa shape index (κ1) is 14.5. The van der Waals surface area contributed by atoms with E-state index in [0.717, 1.165) is 38.1 Å². The van der Waals surface area contributed by atoms with Crippen molar-refractivity contribution in [1.29, 1.82) is 0 Å². The summed E-state index contributed by atoms with van der Waals surface area (Å²) in [4.78, 5) is 15.0. The van der Waals surface area contributed by atoms with Crippen molar-refractivity contribution < 1.29 is 9.53 Å². The lowest BCUT2D eigenvalue weighted by molar-refractivity contribution is 0.0625. The van der Waals surface area contributed by atoms with Gasteiger partial charge in [0.15, 0.2) is 0 Å². The van der Waals surface area contributed by atoms with Gasteiger partial charge in [-0.1, -0.05) is 0 Å². The van der Waals surface area contributed by atoms with Crippen molar-refractivity contribution >= 4 is 17.1 Å². The van der Waals surface area contributed by atoms with E-state index in [2.05, 4.69) is 27.4 Å². The number of rotatable bonds is 3. The normalized spacial score (nSPS) is 21.7. The average Bonchev–Trinajstić information content (AvgIpc) is 3.25. The number of hydrogen-bond acceptors (Lipinski definition) is 4. The van der Waals surface area contributed by atoms with Gasteiger partial charge in [0.25, 0.3) is 5.91 Å². The van der Waals surface area contributed by atoms with E-state index in [-0.39, 0.29) is 11.9 Å².